The number of esters is 1. The Morgan fingerprint density at radius 2 is 1.83 bits per heavy atom. The average molecular weight is 526 g/mol. The van der Waals surface area contributed by atoms with Crippen molar-refractivity contribution in [3.63, 3.8) is 0 Å². The molecule has 2 aromatic rings. The smallest absolute Gasteiger partial charge is 0.416 e. The van der Waals surface area contributed by atoms with Crippen LogP contribution in [0.15, 0.2) is 23.6 Å². The molecular weight excluding hydrogens is 491 g/mol. The summed E-state index contributed by atoms with van der Waals surface area (Å²) in [6.07, 6.45) is 0.0800. The minimum atomic E-state index is -4.33. The third-order valence-corrected chi connectivity index (χ3v) is 8.12. The van der Waals surface area contributed by atoms with Crippen molar-refractivity contribution in [2.24, 2.45) is 5.92 Å². The maximum Gasteiger partial charge on any atom is 0.416 e. The van der Waals surface area contributed by atoms with Gasteiger partial charge < -0.3 is 15.0 Å². The topological polar surface area (TPSA) is 61.9 Å². The molecule has 1 N–H and O–H groups in total. The third kappa shape index (κ3) is 6.70. The maximum atomic E-state index is 13.0. The minimum Gasteiger partial charge on any atom is -0.466 e. The molecule has 36 heavy (non-hydrogen) atoms. The Morgan fingerprint density at radius 3 is 2.50 bits per heavy atom. The van der Waals surface area contributed by atoms with Crippen molar-refractivity contribution in [3.8, 4) is 0 Å². The number of carbonyl (C=O) groups excluding carboxylic acids is 2. The normalized spacial score (nSPS) is 21.5. The van der Waals surface area contributed by atoms with Crippen molar-refractivity contribution in [2.75, 3.05) is 44.2 Å². The van der Waals surface area contributed by atoms with E-state index in [1.807, 2.05) is 12.3 Å². The summed E-state index contributed by atoms with van der Waals surface area (Å²) in [7, 11) is 0. The van der Waals surface area contributed by atoms with E-state index in [2.05, 4.69) is 15.1 Å². The summed E-state index contributed by atoms with van der Waals surface area (Å²) >= 11 is 1.35. The zero-order valence-electron chi connectivity index (χ0n) is 20.6. The molecule has 1 aromatic carbocycles. The molecule has 4 rings (SSSR count). The predicted molar refractivity (Wildman–Crippen MR) is 135 cm³/mol. The number of thiophene rings is 1. The Labute approximate surface area is 213 Å². The molecule has 2 heterocycles. The molecule has 198 valence electrons. The number of benzene rings is 1. The molecule has 0 bridgehead atoms. The highest BCUT2D eigenvalue weighted by Gasteiger charge is 2.31. The number of anilines is 1. The van der Waals surface area contributed by atoms with Crippen LogP contribution < -0.4 is 10.2 Å². The van der Waals surface area contributed by atoms with Gasteiger partial charge in [0, 0.05) is 54.1 Å². The zero-order chi connectivity index (χ0) is 25.7. The van der Waals surface area contributed by atoms with Crippen LogP contribution in [0, 0.1) is 5.92 Å². The molecule has 0 spiro atoms. The van der Waals surface area contributed by atoms with Crippen molar-refractivity contribution in [3.05, 3.63) is 29.1 Å². The lowest BCUT2D eigenvalue weighted by Crippen LogP contribution is -2.46. The van der Waals surface area contributed by atoms with Crippen molar-refractivity contribution in [1.82, 2.24) is 10.2 Å². The highest BCUT2D eigenvalue weighted by atomic mass is 32.1. The van der Waals surface area contributed by atoms with Crippen LogP contribution in [0.2, 0.25) is 0 Å². The molecule has 0 radical (unpaired) electrons. The summed E-state index contributed by atoms with van der Waals surface area (Å²) in [5.74, 6) is -0.0949. The van der Waals surface area contributed by atoms with E-state index in [0.717, 1.165) is 82.0 Å². The van der Waals surface area contributed by atoms with E-state index in [0.29, 0.717) is 17.7 Å². The van der Waals surface area contributed by atoms with Gasteiger partial charge in [0.05, 0.1) is 23.8 Å². The molecule has 1 saturated carbocycles. The van der Waals surface area contributed by atoms with Crippen molar-refractivity contribution in [1.29, 1.82) is 0 Å². The van der Waals surface area contributed by atoms with Gasteiger partial charge in [-0.15, -0.1) is 11.3 Å². The van der Waals surface area contributed by atoms with Gasteiger partial charge in [-0.05, 0) is 57.7 Å². The van der Waals surface area contributed by atoms with Crippen molar-refractivity contribution in [2.45, 2.75) is 57.7 Å². The Balaban J connectivity index is 1.16. The highest BCUT2D eigenvalue weighted by Crippen LogP contribution is 2.38. The first-order valence-corrected chi connectivity index (χ1v) is 13.6. The largest absolute Gasteiger partial charge is 0.466 e. The Hall–Kier alpha value is -2.33. The van der Waals surface area contributed by atoms with E-state index in [1.54, 1.807) is 6.07 Å². The number of carbonyl (C=O) groups is 2. The third-order valence-electron chi connectivity index (χ3n) is 7.19. The minimum absolute atomic E-state index is 0.0406. The molecule has 10 heteroatoms. The fourth-order valence-electron chi connectivity index (χ4n) is 5.14. The average Bonchev–Trinajstić information content (AvgIpc) is 3.28. The molecular formula is C26H34F3N3O3S. The number of halogens is 3. The number of nitrogens with one attached hydrogen (secondary N) is 1. The second kappa shape index (κ2) is 11.8. The van der Waals surface area contributed by atoms with Crippen molar-refractivity contribution < 1.29 is 27.5 Å². The summed E-state index contributed by atoms with van der Waals surface area (Å²) in [5, 5.41) is 5.94. The van der Waals surface area contributed by atoms with Crippen molar-refractivity contribution >= 4 is 39.0 Å². The monoisotopic (exact) mass is 525 g/mol. The molecule has 1 saturated heterocycles. The van der Waals surface area contributed by atoms with Crippen LogP contribution in [-0.4, -0.2) is 62.1 Å². The molecule has 2 fully saturated rings. The quantitative estimate of drug-likeness (QED) is 0.488. The number of hydrogen-bond acceptors (Lipinski definition) is 6. The number of hydrogen-bond donors (Lipinski definition) is 1. The lowest BCUT2D eigenvalue weighted by molar-refractivity contribution is -0.149. The number of amides is 1. The van der Waals surface area contributed by atoms with E-state index in [-0.39, 0.29) is 23.8 Å². The second-order valence-electron chi connectivity index (χ2n) is 9.63. The van der Waals surface area contributed by atoms with Gasteiger partial charge in [-0.25, -0.2) is 0 Å². The van der Waals surface area contributed by atoms with Crippen LogP contribution in [-0.2, 0) is 20.5 Å². The molecule has 1 amide bonds. The van der Waals surface area contributed by atoms with Crippen LogP contribution in [0.25, 0.3) is 10.1 Å². The number of rotatable bonds is 8. The number of fused-ring (bicyclic) bond motifs is 1. The fraction of sp³-hybridized carbons (Fsp3) is 0.615. The number of alkyl halides is 3. The predicted octanol–water partition coefficient (Wildman–Crippen LogP) is 5.06. The van der Waals surface area contributed by atoms with Gasteiger partial charge in [-0.3, -0.25) is 14.5 Å². The van der Waals surface area contributed by atoms with Gasteiger partial charge in [0.2, 0.25) is 5.91 Å². The van der Waals surface area contributed by atoms with Crippen LogP contribution >= 0.6 is 11.3 Å². The summed E-state index contributed by atoms with van der Waals surface area (Å²) in [6, 6.07) is 4.11. The van der Waals surface area contributed by atoms with E-state index >= 15 is 0 Å². The van der Waals surface area contributed by atoms with Gasteiger partial charge in [-0.1, -0.05) is 6.07 Å². The molecule has 2 aliphatic rings. The van der Waals surface area contributed by atoms with E-state index < -0.39 is 11.7 Å². The summed E-state index contributed by atoms with van der Waals surface area (Å²) in [4.78, 5) is 28.8. The Kier molecular flexibility index (Phi) is 8.77. The fourth-order valence-corrected chi connectivity index (χ4v) is 6.15. The van der Waals surface area contributed by atoms with Gasteiger partial charge in [-0.2, -0.15) is 13.2 Å². The van der Waals surface area contributed by atoms with Crippen LogP contribution in [0.3, 0.4) is 0 Å². The number of piperazine rings is 1. The number of ether oxygens (including phenoxy) is 1. The van der Waals surface area contributed by atoms with E-state index in [4.69, 9.17) is 4.74 Å². The Bertz CT molecular complexity index is 1040. The van der Waals surface area contributed by atoms with Gasteiger partial charge in [0.15, 0.2) is 0 Å². The first-order valence-electron chi connectivity index (χ1n) is 12.8. The summed E-state index contributed by atoms with van der Waals surface area (Å²) in [6.45, 7) is 6.39. The molecule has 6 nitrogen and oxygen atoms in total. The first-order chi connectivity index (χ1) is 17.2. The van der Waals surface area contributed by atoms with Crippen LogP contribution in [0.1, 0.15) is 51.0 Å². The lowest BCUT2D eigenvalue weighted by Gasteiger charge is -2.36. The van der Waals surface area contributed by atoms with Gasteiger partial charge >= 0.3 is 12.1 Å². The van der Waals surface area contributed by atoms with Gasteiger partial charge in [0.1, 0.15) is 0 Å². The van der Waals surface area contributed by atoms with Crippen LogP contribution in [0.4, 0.5) is 18.9 Å². The van der Waals surface area contributed by atoms with E-state index in [1.165, 1.54) is 17.4 Å². The molecule has 1 aromatic heterocycles. The molecule has 1 aliphatic carbocycles. The Morgan fingerprint density at radius 1 is 1.11 bits per heavy atom. The highest BCUT2D eigenvalue weighted by molar-refractivity contribution is 7.17. The number of nitrogens with zero attached hydrogens (tertiary/aromatic N) is 2. The lowest BCUT2D eigenvalue weighted by atomic mass is 9.86. The second-order valence-corrected chi connectivity index (χ2v) is 10.5. The van der Waals surface area contributed by atoms with Crippen LogP contribution in [0.5, 0.6) is 0 Å². The zero-order valence-corrected chi connectivity index (χ0v) is 21.4. The summed E-state index contributed by atoms with van der Waals surface area (Å²) in [5.41, 5.74) is 0.391. The summed E-state index contributed by atoms with van der Waals surface area (Å²) < 4.78 is 44.8. The molecule has 1 aliphatic heterocycles. The molecule has 0 atom stereocenters. The first kappa shape index (κ1) is 26.7. The standard InChI is InChI=1S/C26H34F3N3O3S/c1-2-35-25(34)18-5-8-20(9-6-18)30-24(33)4-3-11-31-12-14-32(15-13-31)22-17-36-23-16-19(26(27,28)29)7-10-21(22)23/h7,10,16-18,20H,2-6,8-9,11-15H2,1H3,(H,30,33). The van der Waals surface area contributed by atoms with Gasteiger partial charge in [0.25, 0.3) is 0 Å². The maximum absolute atomic E-state index is 13.0. The van der Waals surface area contributed by atoms with E-state index in [9.17, 15) is 22.8 Å². The molecule has 0 unspecified atom stereocenters. The SMILES string of the molecule is CCOC(=O)C1CCC(NC(=O)CCCN2CCN(c3csc4cc(C(F)(F)F)ccc34)CC2)CC1.